The fourth-order valence-corrected chi connectivity index (χ4v) is 4.37. The number of rotatable bonds is 7. The molecule has 0 bridgehead atoms. The van der Waals surface area contributed by atoms with Crippen LogP contribution in [0.4, 0.5) is 0 Å². The number of hydrogen-bond donors (Lipinski definition) is 0. The van der Waals surface area contributed by atoms with Crippen molar-refractivity contribution in [3.63, 3.8) is 0 Å². The Morgan fingerprint density at radius 2 is 1.53 bits per heavy atom. The van der Waals surface area contributed by atoms with E-state index in [1.807, 2.05) is 21.9 Å². The van der Waals surface area contributed by atoms with Gasteiger partial charge in [0.1, 0.15) is 0 Å². The van der Waals surface area contributed by atoms with Crippen molar-refractivity contribution in [3.8, 4) is 0 Å². The lowest BCUT2D eigenvalue weighted by molar-refractivity contribution is -0.133. The predicted molar refractivity (Wildman–Crippen MR) is 120 cm³/mol. The zero-order valence-electron chi connectivity index (χ0n) is 19.0. The maximum absolute atomic E-state index is 12.9. The average Bonchev–Trinajstić information content (AvgIpc) is 2.78. The van der Waals surface area contributed by atoms with Gasteiger partial charge in [-0.1, -0.05) is 19.1 Å². The third kappa shape index (κ3) is 6.05. The molecule has 1 aromatic rings. The highest BCUT2D eigenvalue weighted by atomic mass is 16.2. The number of nitrogens with zero attached hydrogens (tertiary/aromatic N) is 4. The van der Waals surface area contributed by atoms with Crippen molar-refractivity contribution in [1.82, 2.24) is 19.6 Å². The van der Waals surface area contributed by atoms with E-state index in [1.54, 1.807) is 0 Å². The maximum Gasteiger partial charge on any atom is 0.253 e. The molecule has 2 aliphatic rings. The van der Waals surface area contributed by atoms with Gasteiger partial charge < -0.3 is 9.80 Å². The summed E-state index contributed by atoms with van der Waals surface area (Å²) in [6.07, 6.45) is 3.49. The van der Waals surface area contributed by atoms with Crippen LogP contribution in [0, 0.1) is 0 Å². The molecule has 2 aliphatic heterocycles. The van der Waals surface area contributed by atoms with Crippen molar-refractivity contribution in [3.05, 3.63) is 35.4 Å². The second kappa shape index (κ2) is 10.9. The van der Waals surface area contributed by atoms with Gasteiger partial charge in [0.2, 0.25) is 5.91 Å². The molecule has 0 N–H and O–H groups in total. The summed E-state index contributed by atoms with van der Waals surface area (Å²) >= 11 is 0. The van der Waals surface area contributed by atoms with Gasteiger partial charge >= 0.3 is 0 Å². The molecule has 2 heterocycles. The van der Waals surface area contributed by atoms with E-state index in [1.165, 1.54) is 12.0 Å². The summed E-state index contributed by atoms with van der Waals surface area (Å²) in [6.45, 7) is 13.7. The van der Waals surface area contributed by atoms with Crippen molar-refractivity contribution in [2.75, 3.05) is 52.4 Å². The maximum atomic E-state index is 12.9. The molecule has 0 aromatic heterocycles. The molecule has 2 amide bonds. The van der Waals surface area contributed by atoms with Crippen molar-refractivity contribution in [1.29, 1.82) is 0 Å². The van der Waals surface area contributed by atoms with Crippen LogP contribution >= 0.6 is 0 Å². The molecular formula is C24H38N4O2. The number of benzene rings is 1. The molecule has 1 aromatic carbocycles. The number of carbonyl (C=O) groups is 2. The standard InChI is InChI=1S/C24H38N4O2/c1-4-26(20(2)3)18-21-8-10-22(11-9-21)24(30)28-16-14-25(15-17-28)19-23(29)27-12-6-5-7-13-27/h8-11,20H,4-7,12-19H2,1-3H3. The van der Waals surface area contributed by atoms with Gasteiger partial charge in [0.15, 0.2) is 0 Å². The fourth-order valence-electron chi connectivity index (χ4n) is 4.37. The summed E-state index contributed by atoms with van der Waals surface area (Å²) in [5.41, 5.74) is 1.99. The average molecular weight is 415 g/mol. The molecule has 30 heavy (non-hydrogen) atoms. The summed E-state index contributed by atoms with van der Waals surface area (Å²) in [4.78, 5) is 33.9. The van der Waals surface area contributed by atoms with Gasteiger partial charge in [0, 0.05) is 57.4 Å². The Balaban J connectivity index is 1.47. The molecule has 6 heteroatoms. The number of piperazine rings is 1. The second-order valence-corrected chi connectivity index (χ2v) is 8.86. The molecule has 0 radical (unpaired) electrons. The van der Waals surface area contributed by atoms with Crippen LogP contribution in [0.1, 0.15) is 56.0 Å². The van der Waals surface area contributed by atoms with Crippen LogP contribution in [0.5, 0.6) is 0 Å². The molecule has 2 saturated heterocycles. The zero-order chi connectivity index (χ0) is 21.5. The molecule has 166 valence electrons. The Labute approximate surface area is 181 Å². The van der Waals surface area contributed by atoms with E-state index >= 15 is 0 Å². The van der Waals surface area contributed by atoms with E-state index in [2.05, 4.69) is 42.7 Å². The molecule has 0 unspecified atom stereocenters. The molecule has 0 spiro atoms. The normalized spacial score (nSPS) is 18.3. The van der Waals surface area contributed by atoms with Gasteiger partial charge in [-0.2, -0.15) is 0 Å². The highest BCUT2D eigenvalue weighted by molar-refractivity contribution is 5.94. The lowest BCUT2D eigenvalue weighted by atomic mass is 10.1. The molecule has 3 rings (SSSR count). The first-order valence-electron chi connectivity index (χ1n) is 11.6. The molecule has 0 saturated carbocycles. The highest BCUT2D eigenvalue weighted by Gasteiger charge is 2.25. The van der Waals surface area contributed by atoms with E-state index in [0.717, 1.165) is 57.7 Å². The molecule has 2 fully saturated rings. The number of likely N-dealkylation sites (tertiary alicyclic amines) is 1. The first-order valence-corrected chi connectivity index (χ1v) is 11.6. The third-order valence-electron chi connectivity index (χ3n) is 6.45. The monoisotopic (exact) mass is 414 g/mol. The number of hydrogen-bond acceptors (Lipinski definition) is 4. The lowest BCUT2D eigenvalue weighted by Gasteiger charge is -2.36. The van der Waals surface area contributed by atoms with E-state index in [0.29, 0.717) is 25.7 Å². The SMILES string of the molecule is CCN(Cc1ccc(C(=O)N2CCN(CC(=O)N3CCCCC3)CC2)cc1)C(C)C. The summed E-state index contributed by atoms with van der Waals surface area (Å²) in [5.74, 6) is 0.340. The van der Waals surface area contributed by atoms with Gasteiger partial charge in [-0.15, -0.1) is 0 Å². The van der Waals surface area contributed by atoms with Crippen LogP contribution in [-0.2, 0) is 11.3 Å². The van der Waals surface area contributed by atoms with Crippen LogP contribution in [0.15, 0.2) is 24.3 Å². The number of carbonyl (C=O) groups excluding carboxylic acids is 2. The van der Waals surface area contributed by atoms with Crippen LogP contribution in [0.3, 0.4) is 0 Å². The summed E-state index contributed by atoms with van der Waals surface area (Å²) in [7, 11) is 0. The van der Waals surface area contributed by atoms with E-state index in [4.69, 9.17) is 0 Å². The minimum Gasteiger partial charge on any atom is -0.342 e. The van der Waals surface area contributed by atoms with Crippen LogP contribution in [-0.4, -0.2) is 89.8 Å². The van der Waals surface area contributed by atoms with Crippen LogP contribution in [0.25, 0.3) is 0 Å². The van der Waals surface area contributed by atoms with Crippen molar-refractivity contribution in [2.24, 2.45) is 0 Å². The van der Waals surface area contributed by atoms with Crippen LogP contribution < -0.4 is 0 Å². The number of piperidine rings is 1. The van der Waals surface area contributed by atoms with E-state index in [-0.39, 0.29) is 11.8 Å². The Morgan fingerprint density at radius 3 is 2.10 bits per heavy atom. The highest BCUT2D eigenvalue weighted by Crippen LogP contribution is 2.14. The van der Waals surface area contributed by atoms with E-state index < -0.39 is 0 Å². The minimum atomic E-state index is 0.0970. The smallest absolute Gasteiger partial charge is 0.253 e. The zero-order valence-corrected chi connectivity index (χ0v) is 19.0. The Hall–Kier alpha value is -1.92. The van der Waals surface area contributed by atoms with Crippen molar-refractivity contribution >= 4 is 11.8 Å². The Bertz CT molecular complexity index is 690. The van der Waals surface area contributed by atoms with Gasteiger partial charge in [0.25, 0.3) is 5.91 Å². The minimum absolute atomic E-state index is 0.0970. The summed E-state index contributed by atoms with van der Waals surface area (Å²) < 4.78 is 0. The fraction of sp³-hybridized carbons (Fsp3) is 0.667. The first-order chi connectivity index (χ1) is 14.5. The topological polar surface area (TPSA) is 47.1 Å². The Kier molecular flexibility index (Phi) is 8.28. The number of amides is 2. The summed E-state index contributed by atoms with van der Waals surface area (Å²) in [6, 6.07) is 8.57. The lowest BCUT2D eigenvalue weighted by Crippen LogP contribution is -2.52. The van der Waals surface area contributed by atoms with E-state index in [9.17, 15) is 9.59 Å². The quantitative estimate of drug-likeness (QED) is 0.688. The molecule has 6 nitrogen and oxygen atoms in total. The summed E-state index contributed by atoms with van der Waals surface area (Å²) in [5, 5.41) is 0. The van der Waals surface area contributed by atoms with Crippen LogP contribution in [0.2, 0.25) is 0 Å². The largest absolute Gasteiger partial charge is 0.342 e. The van der Waals surface area contributed by atoms with Gasteiger partial charge in [0.05, 0.1) is 6.54 Å². The van der Waals surface area contributed by atoms with Gasteiger partial charge in [-0.25, -0.2) is 0 Å². The molecule has 0 atom stereocenters. The van der Waals surface area contributed by atoms with Gasteiger partial charge in [-0.05, 0) is 57.4 Å². The molecular weight excluding hydrogens is 376 g/mol. The third-order valence-corrected chi connectivity index (χ3v) is 6.45. The van der Waals surface area contributed by atoms with Gasteiger partial charge in [-0.3, -0.25) is 19.4 Å². The first kappa shape index (κ1) is 22.8. The second-order valence-electron chi connectivity index (χ2n) is 8.86. The van der Waals surface area contributed by atoms with Crippen molar-refractivity contribution in [2.45, 2.75) is 52.6 Å². The molecule has 0 aliphatic carbocycles. The predicted octanol–water partition coefficient (Wildman–Crippen LogP) is 2.69. The van der Waals surface area contributed by atoms with Crippen molar-refractivity contribution < 1.29 is 9.59 Å². The Morgan fingerprint density at radius 1 is 0.900 bits per heavy atom.